The van der Waals surface area contributed by atoms with Gasteiger partial charge in [-0.15, -0.1) is 0 Å². The van der Waals surface area contributed by atoms with Gasteiger partial charge in [-0.25, -0.2) is 4.98 Å². The van der Waals surface area contributed by atoms with Crippen LogP contribution in [0.5, 0.6) is 0 Å². The summed E-state index contributed by atoms with van der Waals surface area (Å²) in [6, 6.07) is 12.1. The average molecular weight is 407 g/mol. The Morgan fingerprint density at radius 2 is 2.03 bits per heavy atom. The molecule has 8 heteroatoms. The van der Waals surface area contributed by atoms with Crippen molar-refractivity contribution < 1.29 is 14.3 Å². The fourth-order valence-electron chi connectivity index (χ4n) is 3.50. The van der Waals surface area contributed by atoms with E-state index in [4.69, 9.17) is 15.9 Å². The molecule has 2 heterocycles. The number of pyridine rings is 1. The number of nitrogens with zero attached hydrogens (tertiary/aromatic N) is 2. The molecule has 0 aliphatic carbocycles. The van der Waals surface area contributed by atoms with Crippen molar-refractivity contribution in [2.75, 3.05) is 7.11 Å². The molecule has 0 aliphatic rings. The summed E-state index contributed by atoms with van der Waals surface area (Å²) in [5, 5.41) is 10.5. The number of ether oxygens (including phenoxy) is 1. The molecule has 3 aromatic rings. The van der Waals surface area contributed by atoms with E-state index in [1.807, 2.05) is 24.3 Å². The lowest BCUT2D eigenvalue weighted by Gasteiger charge is -2.23. The minimum Gasteiger partial charge on any atom is -0.469 e. The van der Waals surface area contributed by atoms with Gasteiger partial charge in [-0.3, -0.25) is 19.4 Å². The SMILES string of the molecule is COC(=O)C(Cc1cccc(C(=N)N)c1)C(C)NC(=O)c1c(C)nc2ccccn12. The zero-order chi connectivity index (χ0) is 21.8. The van der Waals surface area contributed by atoms with Crippen molar-refractivity contribution >= 4 is 23.4 Å². The first-order chi connectivity index (χ1) is 14.3. The van der Waals surface area contributed by atoms with Gasteiger partial charge >= 0.3 is 5.97 Å². The van der Waals surface area contributed by atoms with Crippen molar-refractivity contribution in [1.82, 2.24) is 14.7 Å². The van der Waals surface area contributed by atoms with E-state index in [-0.39, 0.29) is 11.7 Å². The number of hydrogen-bond donors (Lipinski definition) is 3. The molecule has 1 amide bonds. The molecule has 1 aromatic carbocycles. The summed E-state index contributed by atoms with van der Waals surface area (Å²) in [7, 11) is 1.32. The lowest BCUT2D eigenvalue weighted by atomic mass is 9.92. The third kappa shape index (κ3) is 4.32. The number of nitrogens with two attached hydrogens (primary N) is 1. The first kappa shape index (κ1) is 21.0. The first-order valence-corrected chi connectivity index (χ1v) is 9.57. The molecule has 0 aliphatic heterocycles. The fraction of sp³-hybridized carbons (Fsp3) is 0.273. The van der Waals surface area contributed by atoms with E-state index in [9.17, 15) is 9.59 Å². The van der Waals surface area contributed by atoms with Crippen LogP contribution >= 0.6 is 0 Å². The highest BCUT2D eigenvalue weighted by atomic mass is 16.5. The molecule has 3 rings (SSSR count). The number of nitrogen functional groups attached to an aromatic ring is 1. The number of aryl methyl sites for hydroxylation is 1. The standard InChI is InChI=1S/C22H25N5O3/c1-13(26-21(28)19-14(2)25-18-9-4-5-10-27(18)19)17(22(29)30-3)12-15-7-6-8-16(11-15)20(23)24/h4-11,13,17H,12H2,1-3H3,(H3,23,24)(H,26,28). The van der Waals surface area contributed by atoms with Crippen LogP contribution in [0.2, 0.25) is 0 Å². The van der Waals surface area contributed by atoms with E-state index >= 15 is 0 Å². The number of esters is 1. The Hall–Kier alpha value is -3.68. The number of aromatic nitrogens is 2. The van der Waals surface area contributed by atoms with Gasteiger partial charge in [0.25, 0.3) is 5.91 Å². The van der Waals surface area contributed by atoms with Crippen molar-refractivity contribution in [3.63, 3.8) is 0 Å². The topological polar surface area (TPSA) is 123 Å². The van der Waals surface area contributed by atoms with Crippen LogP contribution in [-0.4, -0.2) is 40.2 Å². The summed E-state index contributed by atoms with van der Waals surface area (Å²) in [6.07, 6.45) is 2.11. The third-order valence-electron chi connectivity index (χ3n) is 5.08. The number of amides is 1. The Balaban J connectivity index is 1.83. The Bertz CT molecular complexity index is 1110. The van der Waals surface area contributed by atoms with Gasteiger partial charge in [0.2, 0.25) is 0 Å². The smallest absolute Gasteiger partial charge is 0.311 e. The monoisotopic (exact) mass is 407 g/mol. The number of imidazole rings is 1. The maximum atomic E-state index is 13.0. The first-order valence-electron chi connectivity index (χ1n) is 9.57. The summed E-state index contributed by atoms with van der Waals surface area (Å²) in [5.41, 5.74) is 8.68. The molecule has 0 fully saturated rings. The average Bonchev–Trinajstić information content (AvgIpc) is 3.07. The molecule has 4 N–H and O–H groups in total. The molecular weight excluding hydrogens is 382 g/mol. The Morgan fingerprint density at radius 1 is 1.27 bits per heavy atom. The predicted octanol–water partition coefficient (Wildman–Crippen LogP) is 2.08. The second kappa shape index (κ2) is 8.77. The van der Waals surface area contributed by atoms with Gasteiger partial charge in [-0.05, 0) is 44.0 Å². The van der Waals surface area contributed by atoms with E-state index in [0.29, 0.717) is 29.0 Å². The van der Waals surface area contributed by atoms with Crippen LogP contribution in [0, 0.1) is 18.3 Å². The van der Waals surface area contributed by atoms with Gasteiger partial charge in [-0.1, -0.05) is 24.3 Å². The molecule has 0 saturated heterocycles. The lowest BCUT2D eigenvalue weighted by molar-refractivity contribution is -0.146. The van der Waals surface area contributed by atoms with Crippen molar-refractivity contribution in [3.05, 3.63) is 71.2 Å². The number of fused-ring (bicyclic) bond motifs is 1. The normalized spacial score (nSPS) is 12.9. The van der Waals surface area contributed by atoms with E-state index < -0.39 is 17.9 Å². The van der Waals surface area contributed by atoms with Crippen molar-refractivity contribution in [2.45, 2.75) is 26.3 Å². The van der Waals surface area contributed by atoms with E-state index in [2.05, 4.69) is 10.3 Å². The quantitative estimate of drug-likeness (QED) is 0.314. The van der Waals surface area contributed by atoms with E-state index in [1.165, 1.54) is 7.11 Å². The second-order valence-corrected chi connectivity index (χ2v) is 7.18. The Morgan fingerprint density at radius 3 is 2.73 bits per heavy atom. The largest absolute Gasteiger partial charge is 0.469 e. The number of amidine groups is 1. The number of nitrogens with one attached hydrogen (secondary N) is 2. The number of hydrogen-bond acceptors (Lipinski definition) is 5. The van der Waals surface area contributed by atoms with Gasteiger partial charge in [0.15, 0.2) is 0 Å². The number of benzene rings is 1. The van der Waals surface area contributed by atoms with Gasteiger partial charge in [0.05, 0.1) is 18.7 Å². The highest BCUT2D eigenvalue weighted by Gasteiger charge is 2.29. The maximum absolute atomic E-state index is 13.0. The molecule has 2 atom stereocenters. The number of carbonyl (C=O) groups is 2. The summed E-state index contributed by atoms with van der Waals surface area (Å²) < 4.78 is 6.70. The minimum absolute atomic E-state index is 0.0455. The molecule has 0 bridgehead atoms. The van der Waals surface area contributed by atoms with Crippen molar-refractivity contribution in [2.24, 2.45) is 11.7 Å². The van der Waals surface area contributed by atoms with Crippen molar-refractivity contribution in [3.8, 4) is 0 Å². The molecule has 30 heavy (non-hydrogen) atoms. The Kier molecular flexibility index (Phi) is 6.15. The zero-order valence-corrected chi connectivity index (χ0v) is 17.2. The molecule has 0 radical (unpaired) electrons. The third-order valence-corrected chi connectivity index (χ3v) is 5.08. The summed E-state index contributed by atoms with van der Waals surface area (Å²) in [4.78, 5) is 29.9. The lowest BCUT2D eigenvalue weighted by Crippen LogP contribution is -2.43. The molecule has 8 nitrogen and oxygen atoms in total. The van der Waals surface area contributed by atoms with Crippen LogP contribution in [0.3, 0.4) is 0 Å². The number of carbonyl (C=O) groups excluding carboxylic acids is 2. The fourth-order valence-corrected chi connectivity index (χ4v) is 3.50. The predicted molar refractivity (Wildman–Crippen MR) is 114 cm³/mol. The number of methoxy groups -OCH3 is 1. The summed E-state index contributed by atoms with van der Waals surface area (Å²) in [6.45, 7) is 3.55. The molecule has 0 saturated carbocycles. The van der Waals surface area contributed by atoms with E-state index in [0.717, 1.165) is 5.56 Å². The van der Waals surface area contributed by atoms with Crippen LogP contribution in [0.25, 0.3) is 5.65 Å². The van der Waals surface area contributed by atoms with Crippen LogP contribution in [0.15, 0.2) is 48.7 Å². The summed E-state index contributed by atoms with van der Waals surface area (Å²) in [5.74, 6) is -1.40. The molecule has 0 spiro atoms. The molecule has 156 valence electrons. The summed E-state index contributed by atoms with van der Waals surface area (Å²) >= 11 is 0. The van der Waals surface area contributed by atoms with Crippen LogP contribution in [0.4, 0.5) is 0 Å². The van der Waals surface area contributed by atoms with Crippen molar-refractivity contribution in [1.29, 1.82) is 5.41 Å². The highest BCUT2D eigenvalue weighted by Crippen LogP contribution is 2.18. The molecule has 2 unspecified atom stereocenters. The second-order valence-electron chi connectivity index (χ2n) is 7.18. The van der Waals surface area contributed by atoms with Gasteiger partial charge < -0.3 is 15.8 Å². The van der Waals surface area contributed by atoms with Crippen LogP contribution in [-0.2, 0) is 16.0 Å². The maximum Gasteiger partial charge on any atom is 0.311 e. The number of rotatable bonds is 7. The Labute approximate surface area is 174 Å². The molecule has 2 aromatic heterocycles. The van der Waals surface area contributed by atoms with E-state index in [1.54, 1.807) is 42.6 Å². The van der Waals surface area contributed by atoms with Gasteiger partial charge in [-0.2, -0.15) is 0 Å². The minimum atomic E-state index is -0.611. The zero-order valence-electron chi connectivity index (χ0n) is 17.2. The molecular formula is C22H25N5O3. The van der Waals surface area contributed by atoms with Gasteiger partial charge in [0.1, 0.15) is 17.2 Å². The van der Waals surface area contributed by atoms with Crippen LogP contribution in [0.1, 0.15) is 34.2 Å². The van der Waals surface area contributed by atoms with Crippen LogP contribution < -0.4 is 11.1 Å². The van der Waals surface area contributed by atoms with Gasteiger partial charge in [0, 0.05) is 17.8 Å². The highest BCUT2D eigenvalue weighted by molar-refractivity contribution is 5.95.